The van der Waals surface area contributed by atoms with Crippen LogP contribution in [0.3, 0.4) is 0 Å². The van der Waals surface area contributed by atoms with Gasteiger partial charge in [0.2, 0.25) is 5.91 Å². The van der Waals surface area contributed by atoms with Gasteiger partial charge < -0.3 is 15.7 Å². The van der Waals surface area contributed by atoms with Gasteiger partial charge in [0.1, 0.15) is 11.2 Å². The van der Waals surface area contributed by atoms with E-state index >= 15 is 0 Å². The molecule has 0 bridgehead atoms. The molecule has 1 heterocycles. The average molecular weight is 297 g/mol. The van der Waals surface area contributed by atoms with Crippen molar-refractivity contribution in [1.29, 1.82) is 0 Å². The summed E-state index contributed by atoms with van der Waals surface area (Å²) in [7, 11) is 0. The Labute approximate surface area is 119 Å². The summed E-state index contributed by atoms with van der Waals surface area (Å²) < 4.78 is 0. The van der Waals surface area contributed by atoms with Crippen LogP contribution in [0.15, 0.2) is 5.38 Å². The first kappa shape index (κ1) is 14.4. The van der Waals surface area contributed by atoms with Crippen LogP contribution >= 0.6 is 11.3 Å². The molecule has 0 radical (unpaired) electrons. The molecule has 20 heavy (non-hydrogen) atoms. The molecule has 2 rings (SSSR count). The molecule has 1 fully saturated rings. The molecule has 0 spiro atoms. The lowest BCUT2D eigenvalue weighted by molar-refractivity contribution is -0.144. The fourth-order valence-electron chi connectivity index (χ4n) is 2.24. The average Bonchev–Trinajstić information content (AvgIpc) is 2.98. The van der Waals surface area contributed by atoms with E-state index in [1.54, 1.807) is 0 Å². The monoisotopic (exact) mass is 297 g/mol. The van der Waals surface area contributed by atoms with Crippen LogP contribution < -0.4 is 10.6 Å². The highest BCUT2D eigenvalue weighted by molar-refractivity contribution is 7.14. The number of anilines is 1. The molecule has 108 valence electrons. The Morgan fingerprint density at radius 2 is 2.00 bits per heavy atom. The zero-order valence-electron chi connectivity index (χ0n) is 10.9. The molecule has 1 aliphatic carbocycles. The highest BCUT2D eigenvalue weighted by Gasteiger charge is 2.43. The van der Waals surface area contributed by atoms with Crippen LogP contribution in [0.2, 0.25) is 0 Å². The van der Waals surface area contributed by atoms with Crippen molar-refractivity contribution in [2.24, 2.45) is 0 Å². The Balaban J connectivity index is 2.09. The Kier molecular flexibility index (Phi) is 4.03. The molecule has 0 unspecified atom stereocenters. The standard InChI is InChI=1S/C12H15N3O4S/c1-7(16)13-11-14-8(6-20-11)9(17)15-12(10(18)19)4-2-3-5-12/h6H,2-5H2,1H3,(H,15,17)(H,18,19)(H,13,14,16). The summed E-state index contributed by atoms with van der Waals surface area (Å²) in [4.78, 5) is 38.3. The third-order valence-electron chi connectivity index (χ3n) is 3.24. The number of thiazole rings is 1. The lowest BCUT2D eigenvalue weighted by atomic mass is 9.98. The lowest BCUT2D eigenvalue weighted by Gasteiger charge is -2.24. The summed E-state index contributed by atoms with van der Waals surface area (Å²) in [5, 5.41) is 16.1. The first-order valence-corrected chi connectivity index (χ1v) is 7.10. The van der Waals surface area contributed by atoms with Crippen LogP contribution in [-0.2, 0) is 9.59 Å². The number of carboxylic acids is 1. The molecule has 1 saturated carbocycles. The first-order chi connectivity index (χ1) is 9.43. The fraction of sp³-hybridized carbons (Fsp3) is 0.500. The third kappa shape index (κ3) is 2.96. The maximum Gasteiger partial charge on any atom is 0.329 e. The second-order valence-corrected chi connectivity index (χ2v) is 5.63. The fourth-order valence-corrected chi connectivity index (χ4v) is 2.97. The van der Waals surface area contributed by atoms with E-state index in [1.807, 2.05) is 0 Å². The van der Waals surface area contributed by atoms with Gasteiger partial charge in [0.05, 0.1) is 0 Å². The summed E-state index contributed by atoms with van der Waals surface area (Å²) in [6.07, 6.45) is 2.41. The first-order valence-electron chi connectivity index (χ1n) is 6.22. The Bertz CT molecular complexity index is 549. The molecule has 1 aromatic heterocycles. The minimum Gasteiger partial charge on any atom is -0.480 e. The van der Waals surface area contributed by atoms with Crippen LogP contribution in [0.5, 0.6) is 0 Å². The van der Waals surface area contributed by atoms with Gasteiger partial charge in [0.25, 0.3) is 5.91 Å². The van der Waals surface area contributed by atoms with Gasteiger partial charge in [0.15, 0.2) is 5.13 Å². The Morgan fingerprint density at radius 3 is 2.55 bits per heavy atom. The van der Waals surface area contributed by atoms with Crippen molar-refractivity contribution in [1.82, 2.24) is 10.3 Å². The summed E-state index contributed by atoms with van der Waals surface area (Å²) in [6.45, 7) is 1.35. The zero-order valence-corrected chi connectivity index (χ0v) is 11.7. The molecular formula is C12H15N3O4S. The number of nitrogens with one attached hydrogen (secondary N) is 2. The second kappa shape index (κ2) is 5.58. The highest BCUT2D eigenvalue weighted by Crippen LogP contribution is 2.30. The van der Waals surface area contributed by atoms with E-state index in [2.05, 4.69) is 15.6 Å². The number of carbonyl (C=O) groups excluding carboxylic acids is 2. The van der Waals surface area contributed by atoms with Crippen LogP contribution in [0.25, 0.3) is 0 Å². The van der Waals surface area contributed by atoms with Crippen molar-refractivity contribution in [3.63, 3.8) is 0 Å². The summed E-state index contributed by atoms with van der Waals surface area (Å²) in [5.41, 5.74) is -1.07. The quantitative estimate of drug-likeness (QED) is 0.774. The van der Waals surface area contributed by atoms with Crippen molar-refractivity contribution in [3.8, 4) is 0 Å². The van der Waals surface area contributed by atoms with Crippen LogP contribution in [-0.4, -0.2) is 33.4 Å². The van der Waals surface area contributed by atoms with E-state index in [0.29, 0.717) is 18.0 Å². The molecule has 3 N–H and O–H groups in total. The third-order valence-corrected chi connectivity index (χ3v) is 4.00. The minimum absolute atomic E-state index is 0.117. The van der Waals surface area contributed by atoms with E-state index in [9.17, 15) is 19.5 Å². The summed E-state index contributed by atoms with van der Waals surface area (Å²) in [6, 6.07) is 0. The number of aromatic nitrogens is 1. The van der Waals surface area contributed by atoms with Gasteiger partial charge in [-0.25, -0.2) is 9.78 Å². The van der Waals surface area contributed by atoms with Gasteiger partial charge in [-0.3, -0.25) is 9.59 Å². The van der Waals surface area contributed by atoms with E-state index in [4.69, 9.17) is 0 Å². The number of hydrogen-bond donors (Lipinski definition) is 3. The predicted octanol–water partition coefficient (Wildman–Crippen LogP) is 1.23. The van der Waals surface area contributed by atoms with Gasteiger partial charge >= 0.3 is 5.97 Å². The van der Waals surface area contributed by atoms with E-state index in [1.165, 1.54) is 12.3 Å². The van der Waals surface area contributed by atoms with E-state index in [-0.39, 0.29) is 11.6 Å². The number of nitrogens with zero attached hydrogens (tertiary/aromatic N) is 1. The van der Waals surface area contributed by atoms with Crippen molar-refractivity contribution >= 4 is 34.3 Å². The molecule has 1 aliphatic rings. The molecule has 0 aromatic carbocycles. The molecule has 0 saturated heterocycles. The SMILES string of the molecule is CC(=O)Nc1nc(C(=O)NC2(C(=O)O)CCCC2)cs1. The van der Waals surface area contributed by atoms with E-state index < -0.39 is 17.4 Å². The number of rotatable bonds is 4. The number of carboxylic acid groups (broad SMARTS) is 1. The summed E-state index contributed by atoms with van der Waals surface area (Å²) >= 11 is 1.12. The number of hydrogen-bond acceptors (Lipinski definition) is 5. The zero-order chi connectivity index (χ0) is 14.8. The minimum atomic E-state index is -1.19. The molecule has 0 aliphatic heterocycles. The van der Waals surface area contributed by atoms with Crippen molar-refractivity contribution in [2.75, 3.05) is 5.32 Å². The Morgan fingerprint density at radius 1 is 1.35 bits per heavy atom. The molecule has 8 heteroatoms. The van der Waals surface area contributed by atoms with E-state index in [0.717, 1.165) is 24.2 Å². The smallest absolute Gasteiger partial charge is 0.329 e. The summed E-state index contributed by atoms with van der Waals surface area (Å²) in [5.74, 6) is -1.81. The number of amides is 2. The van der Waals surface area contributed by atoms with Crippen molar-refractivity contribution < 1.29 is 19.5 Å². The molecular weight excluding hydrogens is 282 g/mol. The molecule has 2 amide bonds. The van der Waals surface area contributed by atoms with Crippen molar-refractivity contribution in [3.05, 3.63) is 11.1 Å². The van der Waals surface area contributed by atoms with Crippen LogP contribution in [0, 0.1) is 0 Å². The molecule has 1 aromatic rings. The molecule has 7 nitrogen and oxygen atoms in total. The highest BCUT2D eigenvalue weighted by atomic mass is 32.1. The number of carbonyl (C=O) groups is 3. The normalized spacial score (nSPS) is 16.6. The number of aliphatic carboxylic acids is 1. The van der Waals surface area contributed by atoms with Gasteiger partial charge in [-0.2, -0.15) is 0 Å². The van der Waals surface area contributed by atoms with Crippen LogP contribution in [0.1, 0.15) is 43.1 Å². The van der Waals surface area contributed by atoms with Gasteiger partial charge in [-0.05, 0) is 12.8 Å². The van der Waals surface area contributed by atoms with Gasteiger partial charge in [-0.15, -0.1) is 11.3 Å². The van der Waals surface area contributed by atoms with Gasteiger partial charge in [-0.1, -0.05) is 12.8 Å². The largest absolute Gasteiger partial charge is 0.480 e. The topological polar surface area (TPSA) is 108 Å². The maximum atomic E-state index is 12.1. The van der Waals surface area contributed by atoms with Gasteiger partial charge in [0, 0.05) is 12.3 Å². The predicted molar refractivity (Wildman–Crippen MR) is 72.7 cm³/mol. The lowest BCUT2D eigenvalue weighted by Crippen LogP contribution is -2.52. The maximum absolute atomic E-state index is 12.1. The second-order valence-electron chi connectivity index (χ2n) is 4.77. The molecule has 0 atom stereocenters. The van der Waals surface area contributed by atoms with Crippen LogP contribution in [0.4, 0.5) is 5.13 Å². The van der Waals surface area contributed by atoms with Crippen molar-refractivity contribution in [2.45, 2.75) is 38.1 Å². The Hall–Kier alpha value is -1.96.